The van der Waals surface area contributed by atoms with Crippen LogP contribution in [0.2, 0.25) is 0 Å². The van der Waals surface area contributed by atoms with Crippen molar-refractivity contribution in [2.24, 2.45) is 0 Å². The zero-order valence-corrected chi connectivity index (χ0v) is 31.4. The van der Waals surface area contributed by atoms with Gasteiger partial charge in [0.15, 0.2) is 6.10 Å². The molecule has 0 saturated carbocycles. The average molecular weight is 677 g/mol. The number of rotatable bonds is 36. The molecule has 0 bridgehead atoms. The highest BCUT2D eigenvalue weighted by molar-refractivity contribution is 7.48. The quantitative estimate of drug-likeness (QED) is 0.0367. The van der Waals surface area contributed by atoms with Gasteiger partial charge >= 0.3 is 19.8 Å². The van der Waals surface area contributed by atoms with Gasteiger partial charge in [-0.25, -0.2) is 4.57 Å². The van der Waals surface area contributed by atoms with Crippen LogP contribution in [-0.2, 0) is 37.2 Å². The van der Waals surface area contributed by atoms with Crippen LogP contribution in [0.4, 0.5) is 0 Å². The number of ether oxygens (including phenoxy) is 2. The van der Waals surface area contributed by atoms with Crippen LogP contribution < -0.4 is 0 Å². The highest BCUT2D eigenvalue weighted by Crippen LogP contribution is 2.47. The second-order valence-electron chi connectivity index (χ2n) is 12.9. The standard InChI is InChI=1S/C37H73O8P/c1-5-7-9-11-13-15-17-19-21-23-25-27-29-31-36(38)43-33-35(34-44-46(40,41-3)42-4)45-37(39)32-30-28-26-24-22-20-18-16-14-12-10-8-6-2/h35H,5-34H2,1-4H3/t35-/m0/s1. The van der Waals surface area contributed by atoms with Gasteiger partial charge in [0.2, 0.25) is 0 Å². The molecule has 9 heteroatoms. The molecule has 46 heavy (non-hydrogen) atoms. The summed E-state index contributed by atoms with van der Waals surface area (Å²) in [6.07, 6.45) is 31.9. The molecule has 0 rings (SSSR count). The van der Waals surface area contributed by atoms with E-state index in [9.17, 15) is 14.2 Å². The second-order valence-corrected chi connectivity index (χ2v) is 14.8. The maximum atomic E-state index is 12.5. The van der Waals surface area contributed by atoms with Crippen LogP contribution in [0, 0.1) is 0 Å². The van der Waals surface area contributed by atoms with E-state index in [0.717, 1.165) is 38.5 Å². The van der Waals surface area contributed by atoms with Crippen molar-refractivity contribution in [2.75, 3.05) is 27.4 Å². The van der Waals surface area contributed by atoms with Crippen LogP contribution in [-0.4, -0.2) is 45.5 Å². The van der Waals surface area contributed by atoms with Crippen molar-refractivity contribution < 1.29 is 37.2 Å². The second kappa shape index (κ2) is 33.9. The fraction of sp³-hybridized carbons (Fsp3) is 0.946. The van der Waals surface area contributed by atoms with Crippen LogP contribution in [0.1, 0.15) is 194 Å². The van der Waals surface area contributed by atoms with Gasteiger partial charge in [0.25, 0.3) is 0 Å². The van der Waals surface area contributed by atoms with Crippen LogP contribution in [0.5, 0.6) is 0 Å². The van der Waals surface area contributed by atoms with E-state index in [-0.39, 0.29) is 31.6 Å². The lowest BCUT2D eigenvalue weighted by molar-refractivity contribution is -0.161. The predicted molar refractivity (Wildman–Crippen MR) is 189 cm³/mol. The first-order chi connectivity index (χ1) is 22.4. The molecular weight excluding hydrogens is 603 g/mol. The summed E-state index contributed by atoms with van der Waals surface area (Å²) in [6.45, 7) is 4.09. The van der Waals surface area contributed by atoms with Crippen molar-refractivity contribution in [1.29, 1.82) is 0 Å². The molecule has 0 aromatic rings. The Morgan fingerprint density at radius 1 is 0.478 bits per heavy atom. The Morgan fingerprint density at radius 3 is 1.15 bits per heavy atom. The summed E-state index contributed by atoms with van der Waals surface area (Å²) in [5, 5.41) is 0. The minimum atomic E-state index is -3.75. The molecule has 0 amide bonds. The van der Waals surface area contributed by atoms with Crippen molar-refractivity contribution >= 4 is 19.8 Å². The fourth-order valence-electron chi connectivity index (χ4n) is 5.55. The molecule has 274 valence electrons. The molecule has 0 unspecified atom stereocenters. The number of hydrogen-bond acceptors (Lipinski definition) is 8. The molecule has 0 aliphatic heterocycles. The molecule has 0 radical (unpaired) electrons. The van der Waals surface area contributed by atoms with Gasteiger partial charge < -0.3 is 9.47 Å². The van der Waals surface area contributed by atoms with Crippen molar-refractivity contribution in [3.05, 3.63) is 0 Å². The number of carbonyl (C=O) groups is 2. The van der Waals surface area contributed by atoms with Gasteiger partial charge in [-0.2, -0.15) is 0 Å². The number of esters is 2. The predicted octanol–water partition coefficient (Wildman–Crippen LogP) is 11.8. The lowest BCUT2D eigenvalue weighted by atomic mass is 10.0. The number of phosphoric ester groups is 1. The van der Waals surface area contributed by atoms with Gasteiger partial charge in [-0.3, -0.25) is 23.2 Å². The van der Waals surface area contributed by atoms with E-state index in [1.54, 1.807) is 0 Å². The number of hydrogen-bond donors (Lipinski definition) is 0. The summed E-state index contributed by atoms with van der Waals surface area (Å²) in [7, 11) is -1.32. The first kappa shape index (κ1) is 45.0. The minimum Gasteiger partial charge on any atom is -0.462 e. The monoisotopic (exact) mass is 677 g/mol. The Bertz CT molecular complexity index is 724. The van der Waals surface area contributed by atoms with Gasteiger partial charge in [0.05, 0.1) is 6.61 Å². The molecule has 1 atom stereocenters. The van der Waals surface area contributed by atoms with Gasteiger partial charge in [-0.05, 0) is 12.8 Å². The molecule has 0 aliphatic rings. The Hall–Kier alpha value is -0.950. The van der Waals surface area contributed by atoms with Crippen LogP contribution in [0.15, 0.2) is 0 Å². The van der Waals surface area contributed by atoms with Crippen molar-refractivity contribution in [3.8, 4) is 0 Å². The Balaban J connectivity index is 4.12. The summed E-state index contributed by atoms with van der Waals surface area (Å²) < 4.78 is 38.2. The third-order valence-electron chi connectivity index (χ3n) is 8.56. The Labute approximate surface area is 283 Å². The van der Waals surface area contributed by atoms with Gasteiger partial charge in [-0.15, -0.1) is 0 Å². The van der Waals surface area contributed by atoms with E-state index < -0.39 is 13.9 Å². The minimum absolute atomic E-state index is 0.158. The highest BCUT2D eigenvalue weighted by atomic mass is 31.2. The van der Waals surface area contributed by atoms with Crippen LogP contribution >= 0.6 is 7.82 Å². The Morgan fingerprint density at radius 2 is 0.804 bits per heavy atom. The van der Waals surface area contributed by atoms with Crippen molar-refractivity contribution in [2.45, 2.75) is 200 Å². The molecule has 0 aliphatic carbocycles. The molecule has 0 spiro atoms. The summed E-state index contributed by atoms with van der Waals surface area (Å²) >= 11 is 0. The third-order valence-corrected chi connectivity index (χ3v) is 9.92. The topological polar surface area (TPSA) is 97.4 Å². The van der Waals surface area contributed by atoms with E-state index in [2.05, 4.69) is 13.8 Å². The average Bonchev–Trinajstić information content (AvgIpc) is 3.06. The number of phosphoric acid groups is 1. The lowest BCUT2D eigenvalue weighted by Crippen LogP contribution is -2.29. The van der Waals surface area contributed by atoms with Gasteiger partial charge in [-0.1, -0.05) is 168 Å². The summed E-state index contributed by atoms with van der Waals surface area (Å²) in [5.74, 6) is -0.712. The van der Waals surface area contributed by atoms with E-state index in [4.69, 9.17) is 23.0 Å². The number of carbonyl (C=O) groups excluding carboxylic acids is 2. The smallest absolute Gasteiger partial charge is 0.462 e. The van der Waals surface area contributed by atoms with E-state index >= 15 is 0 Å². The molecule has 0 fully saturated rings. The zero-order valence-electron chi connectivity index (χ0n) is 30.5. The molecule has 0 aromatic heterocycles. The van der Waals surface area contributed by atoms with E-state index in [1.807, 2.05) is 0 Å². The SMILES string of the molecule is CCCCCCCCCCCCCCCC(=O)OC[C@@H](COP(=O)(OC)OC)OC(=O)CCCCCCCCCCCCCCC. The maximum absolute atomic E-state index is 12.5. The van der Waals surface area contributed by atoms with Gasteiger partial charge in [0.1, 0.15) is 6.61 Å². The molecule has 0 N–H and O–H groups in total. The molecule has 0 heterocycles. The molecule has 0 saturated heterocycles. The molecule has 0 aromatic carbocycles. The van der Waals surface area contributed by atoms with Crippen molar-refractivity contribution in [3.63, 3.8) is 0 Å². The maximum Gasteiger partial charge on any atom is 0.474 e. The van der Waals surface area contributed by atoms with E-state index in [0.29, 0.717) is 6.42 Å². The first-order valence-electron chi connectivity index (χ1n) is 19.1. The summed E-state index contributed by atoms with van der Waals surface area (Å²) in [6, 6.07) is 0. The molecular formula is C37H73O8P. The van der Waals surface area contributed by atoms with Crippen molar-refractivity contribution in [1.82, 2.24) is 0 Å². The van der Waals surface area contributed by atoms with E-state index in [1.165, 1.54) is 143 Å². The number of unbranched alkanes of at least 4 members (excludes halogenated alkanes) is 24. The highest BCUT2D eigenvalue weighted by Gasteiger charge is 2.27. The zero-order chi connectivity index (χ0) is 34.0. The molecule has 8 nitrogen and oxygen atoms in total. The largest absolute Gasteiger partial charge is 0.474 e. The third kappa shape index (κ3) is 30.4. The van der Waals surface area contributed by atoms with Gasteiger partial charge in [0, 0.05) is 27.1 Å². The normalized spacial score (nSPS) is 12.3. The Kier molecular flexibility index (Phi) is 33.2. The summed E-state index contributed by atoms with van der Waals surface area (Å²) in [4.78, 5) is 24.9. The lowest BCUT2D eigenvalue weighted by Gasteiger charge is -2.20. The fourth-order valence-corrected chi connectivity index (χ4v) is 6.26. The van der Waals surface area contributed by atoms with Crippen LogP contribution in [0.25, 0.3) is 0 Å². The van der Waals surface area contributed by atoms with Crippen LogP contribution in [0.3, 0.4) is 0 Å². The first-order valence-corrected chi connectivity index (χ1v) is 20.6. The summed E-state index contributed by atoms with van der Waals surface area (Å²) in [5.41, 5.74) is 0.